The van der Waals surface area contributed by atoms with Crippen LogP contribution in [0.25, 0.3) is 10.9 Å². The highest BCUT2D eigenvalue weighted by Gasteiger charge is 2.38. The molecule has 1 atom stereocenters. The Morgan fingerprint density at radius 1 is 1.15 bits per heavy atom. The van der Waals surface area contributed by atoms with Crippen molar-refractivity contribution in [2.45, 2.75) is 32.2 Å². The summed E-state index contributed by atoms with van der Waals surface area (Å²) in [6, 6.07) is 6.58. The number of aromatic nitrogens is 2. The Kier molecular flexibility index (Phi) is 6.77. The summed E-state index contributed by atoms with van der Waals surface area (Å²) in [4.78, 5) is 9.13. The van der Waals surface area contributed by atoms with Crippen molar-refractivity contribution in [2.24, 2.45) is 0 Å². The second-order valence-electron chi connectivity index (χ2n) is 8.87. The topological polar surface area (TPSA) is 101 Å². The SMILES string of the molecule is COCCOc1cc2c(N[C@H](C)c3cc(N)cc(C4(C)COC4)c3F)nc(C)nc2cc1OC. The van der Waals surface area contributed by atoms with Crippen molar-refractivity contribution in [3.05, 3.63) is 47.0 Å². The molecule has 1 aliphatic rings. The van der Waals surface area contributed by atoms with Gasteiger partial charge >= 0.3 is 0 Å². The standard InChI is InChI=1S/C25H31FN4O4/c1-14(17-8-16(27)9-19(23(17)26)25(3)12-33-13-25)28-24-18-10-22(34-7-6-31-4)21(32-5)11-20(18)29-15(2)30-24/h8-11,14H,6-7,12-13,27H2,1-5H3,(H,28,29,30)/t14-/m1/s1. The van der Waals surface area contributed by atoms with Crippen LogP contribution in [0.3, 0.4) is 0 Å². The Hall–Kier alpha value is -3.17. The molecule has 0 radical (unpaired) electrons. The van der Waals surface area contributed by atoms with E-state index in [1.807, 2.05) is 19.9 Å². The Morgan fingerprint density at radius 3 is 2.56 bits per heavy atom. The van der Waals surface area contributed by atoms with Crippen LogP contribution in [0.5, 0.6) is 11.5 Å². The molecule has 0 aliphatic carbocycles. The molecule has 0 unspecified atom stereocenters. The van der Waals surface area contributed by atoms with Crippen molar-refractivity contribution in [2.75, 3.05) is 51.7 Å². The molecule has 0 saturated carbocycles. The van der Waals surface area contributed by atoms with E-state index in [1.165, 1.54) is 0 Å². The Morgan fingerprint density at radius 2 is 1.91 bits per heavy atom. The van der Waals surface area contributed by atoms with Crippen LogP contribution in [0.15, 0.2) is 24.3 Å². The number of halogens is 1. The van der Waals surface area contributed by atoms with E-state index in [0.29, 0.717) is 71.9 Å². The van der Waals surface area contributed by atoms with Gasteiger partial charge in [-0.3, -0.25) is 0 Å². The van der Waals surface area contributed by atoms with Crippen LogP contribution in [0.2, 0.25) is 0 Å². The molecule has 8 nitrogen and oxygen atoms in total. The molecule has 1 aliphatic heterocycles. The molecule has 0 bridgehead atoms. The largest absolute Gasteiger partial charge is 0.493 e. The average Bonchev–Trinajstić information content (AvgIpc) is 2.78. The third kappa shape index (κ3) is 4.58. The minimum atomic E-state index is -0.413. The molecular formula is C25H31FN4O4. The smallest absolute Gasteiger partial charge is 0.162 e. The van der Waals surface area contributed by atoms with Gasteiger partial charge in [-0.25, -0.2) is 14.4 Å². The van der Waals surface area contributed by atoms with Crippen LogP contribution in [0.4, 0.5) is 15.9 Å². The van der Waals surface area contributed by atoms with E-state index in [0.717, 1.165) is 5.39 Å². The number of fused-ring (bicyclic) bond motifs is 1. The number of anilines is 2. The first-order valence-electron chi connectivity index (χ1n) is 11.2. The summed E-state index contributed by atoms with van der Waals surface area (Å²) in [7, 11) is 3.19. The molecule has 3 aromatic rings. The zero-order valence-corrected chi connectivity index (χ0v) is 20.2. The number of hydrogen-bond donors (Lipinski definition) is 2. The van der Waals surface area contributed by atoms with Crippen LogP contribution in [0, 0.1) is 12.7 Å². The van der Waals surface area contributed by atoms with Gasteiger partial charge in [0.25, 0.3) is 0 Å². The monoisotopic (exact) mass is 470 g/mol. The fraction of sp³-hybridized carbons (Fsp3) is 0.440. The van der Waals surface area contributed by atoms with Gasteiger partial charge in [-0.2, -0.15) is 0 Å². The van der Waals surface area contributed by atoms with E-state index in [-0.39, 0.29) is 11.2 Å². The number of rotatable bonds is 9. The summed E-state index contributed by atoms with van der Waals surface area (Å²) in [5.41, 5.74) is 8.02. The summed E-state index contributed by atoms with van der Waals surface area (Å²) in [6.45, 7) is 7.41. The van der Waals surface area contributed by atoms with E-state index in [1.54, 1.807) is 39.3 Å². The predicted molar refractivity (Wildman–Crippen MR) is 129 cm³/mol. The zero-order valence-electron chi connectivity index (χ0n) is 20.2. The lowest BCUT2D eigenvalue weighted by Gasteiger charge is -2.39. The average molecular weight is 471 g/mol. The third-order valence-electron chi connectivity index (χ3n) is 6.07. The molecule has 1 saturated heterocycles. The van der Waals surface area contributed by atoms with E-state index in [4.69, 9.17) is 24.7 Å². The van der Waals surface area contributed by atoms with Crippen LogP contribution >= 0.6 is 0 Å². The number of aryl methyl sites for hydroxylation is 1. The van der Waals surface area contributed by atoms with Gasteiger partial charge in [-0.15, -0.1) is 0 Å². The Labute approximate surface area is 198 Å². The number of ether oxygens (including phenoxy) is 4. The van der Waals surface area contributed by atoms with E-state index >= 15 is 4.39 Å². The molecule has 0 spiro atoms. The van der Waals surface area contributed by atoms with E-state index in [2.05, 4.69) is 15.3 Å². The van der Waals surface area contributed by atoms with Crippen LogP contribution in [-0.2, 0) is 14.9 Å². The molecule has 182 valence electrons. The number of nitrogens with one attached hydrogen (secondary N) is 1. The summed E-state index contributed by atoms with van der Waals surface area (Å²) in [6.07, 6.45) is 0. The first-order chi connectivity index (χ1) is 16.3. The molecule has 3 N–H and O–H groups in total. The zero-order chi connectivity index (χ0) is 24.5. The summed E-state index contributed by atoms with van der Waals surface area (Å²) in [5.74, 6) is 1.97. The second kappa shape index (κ2) is 9.60. The first kappa shape index (κ1) is 24.0. The number of nitrogens with zero attached hydrogens (tertiary/aromatic N) is 2. The third-order valence-corrected chi connectivity index (χ3v) is 6.07. The minimum Gasteiger partial charge on any atom is -0.493 e. The molecule has 1 fully saturated rings. The number of hydrogen-bond acceptors (Lipinski definition) is 8. The quantitative estimate of drug-likeness (QED) is 0.355. The first-order valence-corrected chi connectivity index (χ1v) is 11.2. The van der Waals surface area contributed by atoms with Gasteiger partial charge in [-0.1, -0.05) is 6.92 Å². The minimum absolute atomic E-state index is 0.277. The van der Waals surface area contributed by atoms with Crippen molar-refractivity contribution >= 4 is 22.4 Å². The van der Waals surface area contributed by atoms with E-state index in [9.17, 15) is 0 Å². The molecule has 2 aromatic carbocycles. The fourth-order valence-electron chi connectivity index (χ4n) is 4.14. The van der Waals surface area contributed by atoms with Gasteiger partial charge < -0.3 is 30.0 Å². The molecule has 0 amide bonds. The van der Waals surface area contributed by atoms with Crippen molar-refractivity contribution in [1.82, 2.24) is 9.97 Å². The van der Waals surface area contributed by atoms with Gasteiger partial charge in [0.05, 0.1) is 38.5 Å². The van der Waals surface area contributed by atoms with Crippen molar-refractivity contribution in [1.29, 1.82) is 0 Å². The van der Waals surface area contributed by atoms with Crippen molar-refractivity contribution in [3.63, 3.8) is 0 Å². The summed E-state index contributed by atoms with van der Waals surface area (Å²) in [5, 5.41) is 4.09. The normalized spacial score (nSPS) is 15.6. The number of benzene rings is 2. The second-order valence-corrected chi connectivity index (χ2v) is 8.87. The van der Waals surface area contributed by atoms with E-state index < -0.39 is 6.04 Å². The molecule has 34 heavy (non-hydrogen) atoms. The van der Waals surface area contributed by atoms with Crippen molar-refractivity contribution < 1.29 is 23.3 Å². The van der Waals surface area contributed by atoms with Gasteiger partial charge in [-0.05, 0) is 32.0 Å². The predicted octanol–water partition coefficient (Wildman–Crippen LogP) is 4.15. The summed E-state index contributed by atoms with van der Waals surface area (Å²) < 4.78 is 37.4. The summed E-state index contributed by atoms with van der Waals surface area (Å²) >= 11 is 0. The maximum Gasteiger partial charge on any atom is 0.162 e. The van der Waals surface area contributed by atoms with Gasteiger partial charge in [0.15, 0.2) is 11.5 Å². The van der Waals surface area contributed by atoms with Crippen molar-refractivity contribution in [3.8, 4) is 11.5 Å². The van der Waals surface area contributed by atoms with Crippen LogP contribution in [-0.4, -0.2) is 50.6 Å². The Bertz CT molecular complexity index is 1200. The van der Waals surface area contributed by atoms with Crippen LogP contribution in [0.1, 0.15) is 36.8 Å². The van der Waals surface area contributed by atoms with Gasteiger partial charge in [0.1, 0.15) is 24.1 Å². The molecule has 2 heterocycles. The van der Waals surface area contributed by atoms with Gasteiger partial charge in [0, 0.05) is 40.8 Å². The molecule has 9 heteroatoms. The maximum absolute atomic E-state index is 15.6. The lowest BCUT2D eigenvalue weighted by Crippen LogP contribution is -2.44. The number of nitrogens with two attached hydrogens (primary N) is 1. The van der Waals surface area contributed by atoms with Crippen LogP contribution < -0.4 is 20.5 Å². The lowest BCUT2D eigenvalue weighted by atomic mass is 9.79. The lowest BCUT2D eigenvalue weighted by molar-refractivity contribution is -0.0516. The maximum atomic E-state index is 15.6. The highest BCUT2D eigenvalue weighted by atomic mass is 19.1. The molecular weight excluding hydrogens is 439 g/mol. The highest BCUT2D eigenvalue weighted by Crippen LogP contribution is 2.39. The number of nitrogen functional groups attached to an aromatic ring is 1. The van der Waals surface area contributed by atoms with Gasteiger partial charge in [0.2, 0.25) is 0 Å². The molecule has 1 aromatic heterocycles. The number of methoxy groups -OCH3 is 2. The fourth-order valence-corrected chi connectivity index (χ4v) is 4.14. The Balaban J connectivity index is 1.72. The molecule has 4 rings (SSSR count). The highest BCUT2D eigenvalue weighted by molar-refractivity contribution is 5.92.